The maximum atomic E-state index is 13.3. The number of halogens is 4. The summed E-state index contributed by atoms with van der Waals surface area (Å²) in [6.07, 6.45) is -1.50. The Balaban J connectivity index is 2.37. The van der Waals surface area contributed by atoms with E-state index >= 15 is 0 Å². The Hall–Kier alpha value is -1.10. The summed E-state index contributed by atoms with van der Waals surface area (Å²) in [6.45, 7) is 2.04. The van der Waals surface area contributed by atoms with Crippen molar-refractivity contribution in [2.45, 2.75) is 44.3 Å². The van der Waals surface area contributed by atoms with E-state index in [9.17, 15) is 17.6 Å². The minimum absolute atomic E-state index is 0.386. The number of nitrogens with two attached hydrogens (primary N) is 1. The Bertz CT molecular complexity index is 469. The lowest BCUT2D eigenvalue weighted by Gasteiger charge is -2.26. The minimum atomic E-state index is -4.68. The molecular weight excluding hydrogens is 258 g/mol. The molecule has 0 aliphatic heterocycles. The molecule has 0 heterocycles. The van der Waals surface area contributed by atoms with Gasteiger partial charge in [-0.05, 0) is 42.9 Å². The van der Waals surface area contributed by atoms with Crippen LogP contribution in [-0.4, -0.2) is 0 Å². The standard InChI is InChI=1S/C14H17F4N/c1-2-9-5-6-13(19,8-9)10-3-4-12(15)11(7-10)14(16,17)18/h3-4,7,9H,2,5-6,8,19H2,1H3. The Morgan fingerprint density at radius 2 is 2.05 bits per heavy atom. The molecule has 0 saturated heterocycles. The monoisotopic (exact) mass is 275 g/mol. The molecule has 2 atom stereocenters. The Labute approximate surface area is 109 Å². The van der Waals surface area contributed by atoms with Crippen LogP contribution < -0.4 is 5.73 Å². The van der Waals surface area contributed by atoms with Gasteiger partial charge in [0.05, 0.1) is 5.56 Å². The average molecular weight is 275 g/mol. The highest BCUT2D eigenvalue weighted by Gasteiger charge is 2.39. The van der Waals surface area contributed by atoms with Gasteiger partial charge in [0.15, 0.2) is 0 Å². The number of alkyl halides is 3. The van der Waals surface area contributed by atoms with Gasteiger partial charge in [-0.15, -0.1) is 0 Å². The zero-order chi connectivity index (χ0) is 14.3. The second kappa shape index (κ2) is 4.78. The molecule has 2 rings (SSSR count). The molecule has 0 bridgehead atoms. The lowest BCUT2D eigenvalue weighted by molar-refractivity contribution is -0.140. The molecule has 1 aliphatic carbocycles. The topological polar surface area (TPSA) is 26.0 Å². The molecular formula is C14H17F4N. The van der Waals surface area contributed by atoms with Crippen LogP contribution in [0.4, 0.5) is 17.6 Å². The van der Waals surface area contributed by atoms with Gasteiger partial charge in [-0.1, -0.05) is 19.4 Å². The van der Waals surface area contributed by atoms with E-state index in [0.717, 1.165) is 25.0 Å². The van der Waals surface area contributed by atoms with Crippen LogP contribution >= 0.6 is 0 Å². The maximum Gasteiger partial charge on any atom is 0.419 e. The maximum absolute atomic E-state index is 13.3. The normalized spacial score (nSPS) is 27.8. The van der Waals surface area contributed by atoms with Crippen LogP contribution in [-0.2, 0) is 11.7 Å². The zero-order valence-corrected chi connectivity index (χ0v) is 10.7. The van der Waals surface area contributed by atoms with E-state index in [0.29, 0.717) is 24.3 Å². The lowest BCUT2D eigenvalue weighted by atomic mass is 9.87. The van der Waals surface area contributed by atoms with Gasteiger partial charge in [0.2, 0.25) is 0 Å². The third kappa shape index (κ3) is 2.76. The van der Waals surface area contributed by atoms with Crippen LogP contribution in [0.3, 0.4) is 0 Å². The molecule has 0 spiro atoms. The summed E-state index contributed by atoms with van der Waals surface area (Å²) in [6, 6.07) is 3.11. The summed E-state index contributed by atoms with van der Waals surface area (Å²) in [5, 5.41) is 0. The van der Waals surface area contributed by atoms with Crippen LogP contribution in [0.25, 0.3) is 0 Å². The van der Waals surface area contributed by atoms with Crippen molar-refractivity contribution in [3.05, 3.63) is 35.1 Å². The van der Waals surface area contributed by atoms with E-state index in [1.54, 1.807) is 0 Å². The summed E-state index contributed by atoms with van der Waals surface area (Å²) in [5.74, 6) is -0.811. The lowest BCUT2D eigenvalue weighted by Crippen LogP contribution is -2.34. The molecule has 1 aromatic carbocycles. The summed E-state index contributed by atoms with van der Waals surface area (Å²) < 4.78 is 51.4. The first-order valence-corrected chi connectivity index (χ1v) is 6.42. The van der Waals surface area contributed by atoms with E-state index in [4.69, 9.17) is 5.73 Å². The molecule has 1 fully saturated rings. The van der Waals surface area contributed by atoms with E-state index in [1.807, 2.05) is 6.92 Å². The first kappa shape index (κ1) is 14.3. The van der Waals surface area contributed by atoms with Crippen molar-refractivity contribution in [2.75, 3.05) is 0 Å². The van der Waals surface area contributed by atoms with Crippen molar-refractivity contribution in [1.82, 2.24) is 0 Å². The fourth-order valence-corrected chi connectivity index (χ4v) is 2.84. The van der Waals surface area contributed by atoms with Crippen LogP contribution in [0, 0.1) is 11.7 Å². The molecule has 0 radical (unpaired) electrons. The molecule has 1 aliphatic rings. The third-order valence-electron chi connectivity index (χ3n) is 4.08. The van der Waals surface area contributed by atoms with Gasteiger partial charge in [-0.3, -0.25) is 0 Å². The van der Waals surface area contributed by atoms with Crippen LogP contribution in [0.2, 0.25) is 0 Å². The Morgan fingerprint density at radius 1 is 1.37 bits per heavy atom. The Kier molecular flexibility index (Phi) is 3.60. The molecule has 2 unspecified atom stereocenters. The minimum Gasteiger partial charge on any atom is -0.321 e. The quantitative estimate of drug-likeness (QED) is 0.804. The summed E-state index contributed by atoms with van der Waals surface area (Å²) in [7, 11) is 0. The molecule has 5 heteroatoms. The second-order valence-electron chi connectivity index (χ2n) is 5.37. The van der Waals surface area contributed by atoms with E-state index in [-0.39, 0.29) is 0 Å². The highest BCUT2D eigenvalue weighted by molar-refractivity contribution is 5.33. The first-order valence-electron chi connectivity index (χ1n) is 6.42. The van der Waals surface area contributed by atoms with Crippen molar-refractivity contribution in [3.63, 3.8) is 0 Å². The number of rotatable bonds is 2. The van der Waals surface area contributed by atoms with Crippen molar-refractivity contribution >= 4 is 0 Å². The van der Waals surface area contributed by atoms with E-state index in [2.05, 4.69) is 0 Å². The second-order valence-corrected chi connectivity index (χ2v) is 5.37. The van der Waals surface area contributed by atoms with Gasteiger partial charge in [0.1, 0.15) is 5.82 Å². The molecule has 2 N–H and O–H groups in total. The Morgan fingerprint density at radius 3 is 2.58 bits per heavy atom. The smallest absolute Gasteiger partial charge is 0.321 e. The summed E-state index contributed by atoms with van der Waals surface area (Å²) in [4.78, 5) is 0. The average Bonchev–Trinajstić information content (AvgIpc) is 2.71. The number of benzene rings is 1. The predicted molar refractivity (Wildman–Crippen MR) is 64.9 cm³/mol. The summed E-state index contributed by atoms with van der Waals surface area (Å²) in [5.41, 5.74) is 4.62. The first-order chi connectivity index (χ1) is 8.76. The molecule has 1 nitrogen and oxygen atoms in total. The van der Waals surface area contributed by atoms with Gasteiger partial charge in [-0.2, -0.15) is 13.2 Å². The largest absolute Gasteiger partial charge is 0.419 e. The van der Waals surface area contributed by atoms with Gasteiger partial charge < -0.3 is 5.73 Å². The molecule has 0 aromatic heterocycles. The van der Waals surface area contributed by atoms with E-state index in [1.165, 1.54) is 6.07 Å². The van der Waals surface area contributed by atoms with Gasteiger partial charge in [-0.25, -0.2) is 4.39 Å². The van der Waals surface area contributed by atoms with Crippen molar-refractivity contribution in [2.24, 2.45) is 11.7 Å². The van der Waals surface area contributed by atoms with E-state index < -0.39 is 23.1 Å². The molecule has 19 heavy (non-hydrogen) atoms. The van der Waals surface area contributed by atoms with Gasteiger partial charge in [0.25, 0.3) is 0 Å². The van der Waals surface area contributed by atoms with Crippen molar-refractivity contribution in [3.8, 4) is 0 Å². The molecule has 1 aromatic rings. The highest BCUT2D eigenvalue weighted by atomic mass is 19.4. The van der Waals surface area contributed by atoms with Crippen LogP contribution in [0.5, 0.6) is 0 Å². The van der Waals surface area contributed by atoms with Crippen LogP contribution in [0.15, 0.2) is 18.2 Å². The number of hydrogen-bond acceptors (Lipinski definition) is 1. The fourth-order valence-electron chi connectivity index (χ4n) is 2.84. The number of hydrogen-bond donors (Lipinski definition) is 1. The SMILES string of the molecule is CCC1CCC(N)(c2ccc(F)c(C(F)(F)F)c2)C1. The van der Waals surface area contributed by atoms with Gasteiger partial charge >= 0.3 is 6.18 Å². The fraction of sp³-hybridized carbons (Fsp3) is 0.571. The predicted octanol–water partition coefficient (Wildman–Crippen LogP) is 4.21. The van der Waals surface area contributed by atoms with Gasteiger partial charge in [0, 0.05) is 5.54 Å². The molecule has 106 valence electrons. The van der Waals surface area contributed by atoms with Crippen molar-refractivity contribution < 1.29 is 17.6 Å². The third-order valence-corrected chi connectivity index (χ3v) is 4.08. The summed E-state index contributed by atoms with van der Waals surface area (Å²) >= 11 is 0. The zero-order valence-electron chi connectivity index (χ0n) is 10.7. The molecule has 1 saturated carbocycles. The molecule has 0 amide bonds. The van der Waals surface area contributed by atoms with Crippen LogP contribution in [0.1, 0.15) is 43.7 Å². The highest BCUT2D eigenvalue weighted by Crippen LogP contribution is 2.43. The van der Waals surface area contributed by atoms with Crippen molar-refractivity contribution in [1.29, 1.82) is 0 Å².